The lowest BCUT2D eigenvalue weighted by Crippen LogP contribution is -2.30. The molecule has 3 aliphatic carbocycles. The molecule has 3 aliphatic rings. The summed E-state index contributed by atoms with van der Waals surface area (Å²) in [4.78, 5) is 11.0. The Bertz CT molecular complexity index is 3970. The minimum Gasteiger partial charge on any atom is -0.507 e. The van der Waals surface area contributed by atoms with Gasteiger partial charge < -0.3 is 5.11 Å². The molecule has 82 heavy (non-hydrogen) atoms. The largest absolute Gasteiger partial charge is 0.507 e. The summed E-state index contributed by atoms with van der Waals surface area (Å²) in [6, 6.07) is 54.7. The fourth-order valence-corrected chi connectivity index (χ4v) is 14.6. The zero-order chi connectivity index (χ0) is 58.2. The number of rotatable bonds is 9. The molecular formula is C78H85N3O. The maximum absolute atomic E-state index is 13.0. The van der Waals surface area contributed by atoms with Crippen molar-refractivity contribution in [1.82, 2.24) is 14.5 Å². The smallest absolute Gasteiger partial charge is 0.149 e. The van der Waals surface area contributed by atoms with Gasteiger partial charge >= 0.3 is 0 Å². The Kier molecular flexibility index (Phi) is 13.3. The summed E-state index contributed by atoms with van der Waals surface area (Å²) in [5.41, 5.74) is 26.3. The molecule has 1 fully saturated rings. The van der Waals surface area contributed by atoms with Crippen LogP contribution in [-0.2, 0) is 21.7 Å². The Morgan fingerprint density at radius 2 is 1.11 bits per heavy atom. The van der Waals surface area contributed by atoms with Crippen molar-refractivity contribution in [3.8, 4) is 67.5 Å². The van der Waals surface area contributed by atoms with Gasteiger partial charge in [0.05, 0.1) is 28.0 Å². The molecular weight excluding hydrogens is 995 g/mol. The summed E-state index contributed by atoms with van der Waals surface area (Å²) in [6.45, 7) is 37.3. The third-order valence-electron chi connectivity index (χ3n) is 19.3. The quantitative estimate of drug-likeness (QED) is 0.157. The van der Waals surface area contributed by atoms with E-state index in [1.165, 1.54) is 109 Å². The molecule has 12 rings (SSSR count). The first-order valence-corrected chi connectivity index (χ1v) is 30.5. The van der Waals surface area contributed by atoms with Crippen LogP contribution in [0, 0.1) is 5.41 Å². The predicted molar refractivity (Wildman–Crippen MR) is 347 cm³/mol. The van der Waals surface area contributed by atoms with Gasteiger partial charge in [-0.15, -0.1) is 0 Å². The molecule has 0 atom stereocenters. The standard InChI is InChI=1S/C78H85N3O/c1-46(2)58-41-56(52-28-26-50(27-29-52)49-22-24-51(25-23-49)53-34-37-76(11,12)38-35-53)42-59(47(3)4)70(58)81-66-33-32-63-68(69(66)80-73(81)61-44-57(74(5,6)7)45-64(71(61)82)75(8,9)10)67-60-40-55(30-31-62(60)77(13,14)72(67)78(63,15)16)65-43-54(36-39-79-65)48-20-18-17-19-21-48/h17-33,36,39-47,53,82H,34-35,37-38H2,1-16H3. The number of hydrogen-bond acceptors (Lipinski definition) is 3. The Hall–Kier alpha value is -7.30. The number of phenols is 1. The highest BCUT2D eigenvalue weighted by Crippen LogP contribution is 2.63. The Morgan fingerprint density at radius 3 is 1.71 bits per heavy atom. The number of benzene rings is 7. The number of aromatic hydroxyl groups is 1. The SMILES string of the molecule is CC(C)c1cc(-c2ccc(-c3ccc(C4CCC(C)(C)CC4)cc3)cc2)cc(C(C)C)c1-n1c(-c2cc(C(C)(C)C)cc(C(C)(C)C)c2O)nc2c3c(ccc21)C(C)(C)C1=C3c2cc(-c3cc(-c4ccccc4)ccn3)ccc2C1(C)C. The van der Waals surface area contributed by atoms with Crippen LogP contribution in [0.4, 0.5) is 0 Å². The van der Waals surface area contributed by atoms with Crippen LogP contribution in [0.5, 0.6) is 5.75 Å². The lowest BCUT2D eigenvalue weighted by atomic mass is 9.68. The molecule has 0 radical (unpaired) electrons. The summed E-state index contributed by atoms with van der Waals surface area (Å²) >= 11 is 0. The van der Waals surface area contributed by atoms with Gasteiger partial charge in [-0.05, 0) is 186 Å². The van der Waals surface area contributed by atoms with E-state index in [9.17, 15) is 5.11 Å². The number of hydrogen-bond donors (Lipinski definition) is 1. The van der Waals surface area contributed by atoms with E-state index in [0.717, 1.165) is 50.5 Å². The van der Waals surface area contributed by atoms with Crippen molar-refractivity contribution in [2.45, 2.75) is 176 Å². The number of aromatic nitrogens is 3. The van der Waals surface area contributed by atoms with Crippen LogP contribution in [0.25, 0.3) is 78.3 Å². The lowest BCUT2D eigenvalue weighted by Gasteiger charge is -2.35. The van der Waals surface area contributed by atoms with Crippen molar-refractivity contribution >= 4 is 16.6 Å². The topological polar surface area (TPSA) is 50.9 Å². The van der Waals surface area contributed by atoms with Gasteiger partial charge in [0.15, 0.2) is 0 Å². The normalized spacial score (nSPS) is 16.6. The first-order valence-electron chi connectivity index (χ1n) is 30.5. The Labute approximate surface area is 489 Å². The Balaban J connectivity index is 1.06. The lowest BCUT2D eigenvalue weighted by molar-refractivity contribution is 0.224. The summed E-state index contributed by atoms with van der Waals surface area (Å²) < 4.78 is 2.46. The fourth-order valence-electron chi connectivity index (χ4n) is 14.6. The fraction of sp³-hybridized carbons (Fsp3) is 0.359. The molecule has 7 aromatic carbocycles. The van der Waals surface area contributed by atoms with E-state index in [4.69, 9.17) is 9.97 Å². The van der Waals surface area contributed by atoms with Crippen LogP contribution in [0.1, 0.15) is 204 Å². The highest BCUT2D eigenvalue weighted by atomic mass is 16.3. The molecule has 0 aliphatic heterocycles. The molecule has 9 aromatic rings. The summed E-state index contributed by atoms with van der Waals surface area (Å²) in [5.74, 6) is 2.02. The van der Waals surface area contributed by atoms with Crippen molar-refractivity contribution in [2.75, 3.05) is 0 Å². The summed E-state index contributed by atoms with van der Waals surface area (Å²) in [7, 11) is 0. The minimum atomic E-state index is -0.340. The molecule has 418 valence electrons. The number of imidazole rings is 1. The van der Waals surface area contributed by atoms with Crippen LogP contribution >= 0.6 is 0 Å². The average molecular weight is 1080 g/mol. The number of phenolic OH excluding ortho intramolecular Hbond substituents is 1. The number of nitrogens with zero attached hydrogens (tertiary/aromatic N) is 3. The van der Waals surface area contributed by atoms with Gasteiger partial charge in [0.25, 0.3) is 0 Å². The number of pyridine rings is 1. The van der Waals surface area contributed by atoms with Crippen molar-refractivity contribution in [1.29, 1.82) is 0 Å². The number of allylic oxidation sites excluding steroid dienone is 1. The summed E-state index contributed by atoms with van der Waals surface area (Å²) in [5, 5.41) is 13.0. The van der Waals surface area contributed by atoms with Crippen LogP contribution in [0.2, 0.25) is 0 Å². The second kappa shape index (κ2) is 19.7. The van der Waals surface area contributed by atoms with E-state index in [0.29, 0.717) is 11.3 Å². The van der Waals surface area contributed by atoms with Crippen LogP contribution in [-0.4, -0.2) is 19.6 Å². The van der Waals surface area contributed by atoms with Crippen molar-refractivity contribution in [3.05, 3.63) is 207 Å². The third-order valence-corrected chi connectivity index (χ3v) is 19.3. The highest BCUT2D eigenvalue weighted by molar-refractivity contribution is 6.06. The maximum atomic E-state index is 13.0. The molecule has 0 unspecified atom stereocenters. The summed E-state index contributed by atoms with van der Waals surface area (Å²) in [6.07, 6.45) is 7.09. The van der Waals surface area contributed by atoms with Gasteiger partial charge in [0.2, 0.25) is 0 Å². The third kappa shape index (κ3) is 9.28. The molecule has 2 aromatic heterocycles. The van der Waals surface area contributed by atoms with E-state index in [1.807, 2.05) is 6.20 Å². The Morgan fingerprint density at radius 1 is 0.549 bits per heavy atom. The van der Waals surface area contributed by atoms with Crippen molar-refractivity contribution < 1.29 is 5.11 Å². The van der Waals surface area contributed by atoms with Crippen molar-refractivity contribution in [2.24, 2.45) is 5.41 Å². The van der Waals surface area contributed by atoms with Crippen LogP contribution in [0.15, 0.2) is 157 Å². The van der Waals surface area contributed by atoms with E-state index >= 15 is 0 Å². The van der Waals surface area contributed by atoms with Gasteiger partial charge in [0, 0.05) is 33.7 Å². The molecule has 0 amide bonds. The van der Waals surface area contributed by atoms with Gasteiger partial charge in [0.1, 0.15) is 11.6 Å². The molecule has 4 nitrogen and oxygen atoms in total. The minimum absolute atomic E-state index is 0.156. The van der Waals surface area contributed by atoms with E-state index in [-0.39, 0.29) is 39.2 Å². The van der Waals surface area contributed by atoms with Crippen LogP contribution < -0.4 is 0 Å². The van der Waals surface area contributed by atoms with E-state index in [2.05, 4.69) is 261 Å². The maximum Gasteiger partial charge on any atom is 0.149 e. The predicted octanol–water partition coefficient (Wildman–Crippen LogP) is 21.4. The first-order chi connectivity index (χ1) is 38.7. The second-order valence-electron chi connectivity index (χ2n) is 29.1. The molecule has 0 saturated heterocycles. The van der Waals surface area contributed by atoms with E-state index in [1.54, 1.807) is 0 Å². The highest BCUT2D eigenvalue weighted by Gasteiger charge is 2.52. The second-order valence-corrected chi connectivity index (χ2v) is 29.1. The zero-order valence-corrected chi connectivity index (χ0v) is 51.8. The zero-order valence-electron chi connectivity index (χ0n) is 51.8. The van der Waals surface area contributed by atoms with Crippen molar-refractivity contribution in [3.63, 3.8) is 0 Å². The molecule has 0 bridgehead atoms. The number of fused-ring (bicyclic) bond motifs is 6. The van der Waals surface area contributed by atoms with Gasteiger partial charge in [-0.25, -0.2) is 4.98 Å². The van der Waals surface area contributed by atoms with Gasteiger partial charge in [-0.2, -0.15) is 0 Å². The van der Waals surface area contributed by atoms with Gasteiger partial charge in [-0.1, -0.05) is 214 Å². The first kappa shape index (κ1) is 55.2. The van der Waals surface area contributed by atoms with E-state index < -0.39 is 0 Å². The average Bonchev–Trinajstić information content (AvgIpc) is 1.71. The van der Waals surface area contributed by atoms with Gasteiger partial charge in [-0.3, -0.25) is 9.55 Å². The molecule has 1 saturated carbocycles. The monoisotopic (exact) mass is 1080 g/mol. The molecule has 2 heterocycles. The molecule has 4 heteroatoms. The molecule has 1 N–H and O–H groups in total. The molecule has 0 spiro atoms. The van der Waals surface area contributed by atoms with Crippen LogP contribution in [0.3, 0.4) is 0 Å².